The summed E-state index contributed by atoms with van der Waals surface area (Å²) in [6, 6.07) is 11.9. The van der Waals surface area contributed by atoms with Gasteiger partial charge >= 0.3 is 0 Å². The Bertz CT molecular complexity index is 586. The minimum absolute atomic E-state index is 0.00133. The van der Waals surface area contributed by atoms with Crippen molar-refractivity contribution in [3.63, 3.8) is 0 Å². The lowest BCUT2D eigenvalue weighted by Gasteiger charge is -2.14. The first kappa shape index (κ1) is 13.5. The van der Waals surface area contributed by atoms with E-state index in [1.54, 1.807) is 6.92 Å². The number of rotatable bonds is 3. The van der Waals surface area contributed by atoms with Crippen LogP contribution in [0.1, 0.15) is 42.0 Å². The molecular formula is C17H20O2. The van der Waals surface area contributed by atoms with Gasteiger partial charge in [0.2, 0.25) is 0 Å². The molecule has 2 rings (SSSR count). The standard InChI is InChI=1S/C17H20O2/c1-11(2)15-7-5-4-6-13(15)10-14-9-8-12(3)16(18)17(14)19/h4-9,11,18-19H,10H2,1-3H3. The molecule has 19 heavy (non-hydrogen) atoms. The molecule has 0 heterocycles. The molecule has 0 fully saturated rings. The van der Waals surface area contributed by atoms with Gasteiger partial charge in [0.25, 0.3) is 0 Å². The quantitative estimate of drug-likeness (QED) is 0.811. The van der Waals surface area contributed by atoms with Crippen LogP contribution in [0.3, 0.4) is 0 Å². The van der Waals surface area contributed by atoms with E-state index in [0.29, 0.717) is 17.9 Å². The van der Waals surface area contributed by atoms with Gasteiger partial charge in [-0.05, 0) is 29.5 Å². The molecule has 2 nitrogen and oxygen atoms in total. The smallest absolute Gasteiger partial charge is 0.161 e. The fraction of sp³-hybridized carbons (Fsp3) is 0.294. The Hall–Kier alpha value is -1.96. The van der Waals surface area contributed by atoms with E-state index in [-0.39, 0.29) is 11.5 Å². The Balaban J connectivity index is 2.40. The van der Waals surface area contributed by atoms with Gasteiger partial charge in [-0.25, -0.2) is 0 Å². The topological polar surface area (TPSA) is 40.5 Å². The van der Waals surface area contributed by atoms with E-state index in [1.165, 1.54) is 11.1 Å². The lowest BCUT2D eigenvalue weighted by molar-refractivity contribution is 0.397. The van der Waals surface area contributed by atoms with Gasteiger partial charge in [-0.1, -0.05) is 50.2 Å². The van der Waals surface area contributed by atoms with E-state index in [1.807, 2.05) is 24.3 Å². The number of hydrogen-bond donors (Lipinski definition) is 2. The fourth-order valence-electron chi connectivity index (χ4n) is 2.33. The van der Waals surface area contributed by atoms with Crippen LogP contribution in [0.25, 0.3) is 0 Å². The zero-order valence-electron chi connectivity index (χ0n) is 11.6. The lowest BCUT2D eigenvalue weighted by atomic mass is 9.92. The summed E-state index contributed by atoms with van der Waals surface area (Å²) in [7, 11) is 0. The third-order valence-corrected chi connectivity index (χ3v) is 3.49. The van der Waals surface area contributed by atoms with E-state index in [2.05, 4.69) is 26.0 Å². The van der Waals surface area contributed by atoms with Crippen LogP contribution in [-0.2, 0) is 6.42 Å². The van der Waals surface area contributed by atoms with Crippen LogP contribution in [0.15, 0.2) is 36.4 Å². The minimum Gasteiger partial charge on any atom is -0.504 e. The largest absolute Gasteiger partial charge is 0.504 e. The molecule has 100 valence electrons. The van der Waals surface area contributed by atoms with E-state index < -0.39 is 0 Å². The highest BCUT2D eigenvalue weighted by molar-refractivity contribution is 5.51. The van der Waals surface area contributed by atoms with Crippen LogP contribution < -0.4 is 0 Å². The van der Waals surface area contributed by atoms with Crippen LogP contribution in [-0.4, -0.2) is 10.2 Å². The maximum Gasteiger partial charge on any atom is 0.161 e. The van der Waals surface area contributed by atoms with Crippen molar-refractivity contribution in [2.45, 2.75) is 33.1 Å². The number of benzene rings is 2. The third-order valence-electron chi connectivity index (χ3n) is 3.49. The lowest BCUT2D eigenvalue weighted by Crippen LogP contribution is -1.98. The van der Waals surface area contributed by atoms with Crippen molar-refractivity contribution in [1.82, 2.24) is 0 Å². The van der Waals surface area contributed by atoms with Crippen molar-refractivity contribution in [3.05, 3.63) is 58.7 Å². The summed E-state index contributed by atoms with van der Waals surface area (Å²) in [4.78, 5) is 0. The summed E-state index contributed by atoms with van der Waals surface area (Å²) >= 11 is 0. The van der Waals surface area contributed by atoms with Crippen molar-refractivity contribution < 1.29 is 10.2 Å². The Morgan fingerprint density at radius 2 is 1.58 bits per heavy atom. The molecule has 0 saturated carbocycles. The van der Waals surface area contributed by atoms with Gasteiger partial charge in [0.05, 0.1) is 0 Å². The molecule has 2 aromatic rings. The summed E-state index contributed by atoms with van der Waals surface area (Å²) in [6.07, 6.45) is 0.633. The Kier molecular flexibility index (Phi) is 3.79. The maximum atomic E-state index is 10.0. The van der Waals surface area contributed by atoms with E-state index in [0.717, 1.165) is 5.56 Å². The average Bonchev–Trinajstić information content (AvgIpc) is 2.40. The SMILES string of the molecule is Cc1ccc(Cc2ccccc2C(C)C)c(O)c1O. The van der Waals surface area contributed by atoms with Crippen molar-refractivity contribution in [1.29, 1.82) is 0 Å². The number of aromatic hydroxyl groups is 2. The predicted molar refractivity (Wildman–Crippen MR) is 77.8 cm³/mol. The Morgan fingerprint density at radius 1 is 0.895 bits per heavy atom. The molecule has 2 heteroatoms. The van der Waals surface area contributed by atoms with E-state index in [4.69, 9.17) is 0 Å². The molecule has 0 amide bonds. The highest BCUT2D eigenvalue weighted by Crippen LogP contribution is 2.34. The first-order valence-corrected chi connectivity index (χ1v) is 6.59. The summed E-state index contributed by atoms with van der Waals surface area (Å²) in [5.74, 6) is 0.426. The number of phenols is 2. The van der Waals surface area contributed by atoms with Gasteiger partial charge < -0.3 is 10.2 Å². The zero-order chi connectivity index (χ0) is 14.0. The van der Waals surface area contributed by atoms with Crippen LogP contribution in [0.2, 0.25) is 0 Å². The molecule has 0 unspecified atom stereocenters. The van der Waals surface area contributed by atoms with Gasteiger partial charge in [0.15, 0.2) is 11.5 Å². The first-order valence-electron chi connectivity index (χ1n) is 6.59. The Labute approximate surface area is 114 Å². The van der Waals surface area contributed by atoms with Gasteiger partial charge in [0, 0.05) is 12.0 Å². The molecule has 2 aromatic carbocycles. The molecular weight excluding hydrogens is 236 g/mol. The van der Waals surface area contributed by atoms with E-state index in [9.17, 15) is 10.2 Å². The third kappa shape index (κ3) is 2.73. The zero-order valence-corrected chi connectivity index (χ0v) is 11.6. The summed E-state index contributed by atoms with van der Waals surface area (Å²) in [5, 5.41) is 19.8. The molecule has 0 aliphatic heterocycles. The summed E-state index contributed by atoms with van der Waals surface area (Å²) in [6.45, 7) is 6.09. The van der Waals surface area contributed by atoms with Gasteiger partial charge in [-0.3, -0.25) is 0 Å². The molecule has 0 bridgehead atoms. The van der Waals surface area contributed by atoms with E-state index >= 15 is 0 Å². The molecule has 0 aliphatic rings. The molecule has 0 saturated heterocycles. The van der Waals surface area contributed by atoms with Crippen LogP contribution >= 0.6 is 0 Å². The molecule has 2 N–H and O–H groups in total. The van der Waals surface area contributed by atoms with Crippen LogP contribution in [0.5, 0.6) is 11.5 Å². The second-order valence-electron chi connectivity index (χ2n) is 5.27. The van der Waals surface area contributed by atoms with Crippen molar-refractivity contribution in [2.75, 3.05) is 0 Å². The molecule has 0 spiro atoms. The number of aryl methyl sites for hydroxylation is 1. The van der Waals surface area contributed by atoms with Gasteiger partial charge in [-0.15, -0.1) is 0 Å². The molecule has 0 radical (unpaired) electrons. The molecule has 0 aliphatic carbocycles. The summed E-state index contributed by atoms with van der Waals surface area (Å²) in [5.41, 5.74) is 3.92. The van der Waals surface area contributed by atoms with Gasteiger partial charge in [-0.2, -0.15) is 0 Å². The predicted octanol–water partition coefficient (Wildman–Crippen LogP) is 4.12. The average molecular weight is 256 g/mol. The normalized spacial score (nSPS) is 10.9. The van der Waals surface area contributed by atoms with Gasteiger partial charge in [0.1, 0.15) is 0 Å². The maximum absolute atomic E-state index is 10.0. The summed E-state index contributed by atoms with van der Waals surface area (Å²) < 4.78 is 0. The minimum atomic E-state index is -0.0143. The second-order valence-corrected chi connectivity index (χ2v) is 5.27. The van der Waals surface area contributed by atoms with Crippen molar-refractivity contribution in [2.24, 2.45) is 0 Å². The molecule has 0 atom stereocenters. The highest BCUT2D eigenvalue weighted by Gasteiger charge is 2.12. The number of phenolic OH excluding ortho intramolecular Hbond substituents is 2. The monoisotopic (exact) mass is 256 g/mol. The van der Waals surface area contributed by atoms with Crippen molar-refractivity contribution in [3.8, 4) is 11.5 Å². The fourth-order valence-corrected chi connectivity index (χ4v) is 2.33. The van der Waals surface area contributed by atoms with Crippen LogP contribution in [0, 0.1) is 6.92 Å². The highest BCUT2D eigenvalue weighted by atomic mass is 16.3. The van der Waals surface area contributed by atoms with Crippen LogP contribution in [0.4, 0.5) is 0 Å². The second kappa shape index (κ2) is 5.35. The molecule has 0 aromatic heterocycles. The van der Waals surface area contributed by atoms with Crippen molar-refractivity contribution >= 4 is 0 Å². The first-order chi connectivity index (χ1) is 9.00. The Morgan fingerprint density at radius 3 is 2.26 bits per heavy atom. The number of hydrogen-bond acceptors (Lipinski definition) is 2.